The molecule has 1 aromatic rings. The number of nitrogens with zero attached hydrogens (tertiary/aromatic N) is 2. The van der Waals surface area contributed by atoms with E-state index < -0.39 is 0 Å². The zero-order valence-electron chi connectivity index (χ0n) is 15.1. The average Bonchev–Trinajstić information content (AvgIpc) is 3.16. The molecule has 3 rings (SSSR count). The van der Waals surface area contributed by atoms with E-state index in [0.29, 0.717) is 18.0 Å². The molecule has 0 aromatic heterocycles. The number of likely N-dealkylation sites (tertiary alicyclic amines) is 2. The Balaban J connectivity index is 1.59. The summed E-state index contributed by atoms with van der Waals surface area (Å²) in [6.45, 7) is 6.48. The number of carbonyl (C=O) groups is 2. The number of hydrogen-bond donors (Lipinski definition) is 1. The van der Waals surface area contributed by atoms with E-state index in [9.17, 15) is 9.59 Å². The molecule has 1 N–H and O–H groups in total. The van der Waals surface area contributed by atoms with Crippen molar-refractivity contribution >= 4 is 11.8 Å². The van der Waals surface area contributed by atoms with Gasteiger partial charge in [0, 0.05) is 25.2 Å². The molecule has 0 saturated carbocycles. The molecule has 136 valence electrons. The third-order valence-corrected chi connectivity index (χ3v) is 5.43. The molecule has 5 nitrogen and oxygen atoms in total. The van der Waals surface area contributed by atoms with Gasteiger partial charge >= 0.3 is 0 Å². The predicted octanol–water partition coefficient (Wildman–Crippen LogP) is 2.14. The van der Waals surface area contributed by atoms with E-state index in [1.165, 1.54) is 0 Å². The van der Waals surface area contributed by atoms with Gasteiger partial charge < -0.3 is 15.1 Å². The van der Waals surface area contributed by atoms with Crippen molar-refractivity contribution < 1.29 is 9.59 Å². The summed E-state index contributed by atoms with van der Waals surface area (Å²) in [6.07, 6.45) is 3.80. The molecule has 2 heterocycles. The van der Waals surface area contributed by atoms with Gasteiger partial charge in [-0.25, -0.2) is 0 Å². The first-order valence-corrected chi connectivity index (χ1v) is 9.56. The molecule has 25 heavy (non-hydrogen) atoms. The van der Waals surface area contributed by atoms with Gasteiger partial charge in [0.25, 0.3) is 5.91 Å². The highest BCUT2D eigenvalue weighted by Gasteiger charge is 2.37. The van der Waals surface area contributed by atoms with Gasteiger partial charge in [-0.2, -0.15) is 0 Å². The highest BCUT2D eigenvalue weighted by molar-refractivity contribution is 5.97. The Kier molecular flexibility index (Phi) is 6.08. The van der Waals surface area contributed by atoms with Crippen molar-refractivity contribution in [2.24, 2.45) is 5.92 Å². The van der Waals surface area contributed by atoms with Crippen LogP contribution in [0.1, 0.15) is 43.0 Å². The summed E-state index contributed by atoms with van der Waals surface area (Å²) in [6, 6.07) is 9.02. The molecule has 1 aromatic carbocycles. The quantitative estimate of drug-likeness (QED) is 0.891. The molecule has 1 unspecified atom stereocenters. The Morgan fingerprint density at radius 3 is 2.48 bits per heavy atom. The minimum atomic E-state index is -0.280. The minimum absolute atomic E-state index is 0.0153. The van der Waals surface area contributed by atoms with Crippen molar-refractivity contribution in [1.29, 1.82) is 0 Å². The SMILES string of the molecule is CCNCC1CCN(C(=O)C2CCCN2C(=O)c2ccccc2)CC1. The van der Waals surface area contributed by atoms with Gasteiger partial charge in [-0.15, -0.1) is 0 Å². The van der Waals surface area contributed by atoms with Gasteiger partial charge in [0.05, 0.1) is 0 Å². The number of carbonyl (C=O) groups excluding carboxylic acids is 2. The molecule has 2 aliphatic rings. The predicted molar refractivity (Wildman–Crippen MR) is 98.3 cm³/mol. The molecule has 2 fully saturated rings. The second kappa shape index (κ2) is 8.48. The van der Waals surface area contributed by atoms with Crippen LogP contribution in [0.4, 0.5) is 0 Å². The van der Waals surface area contributed by atoms with Crippen molar-refractivity contribution in [2.75, 3.05) is 32.7 Å². The van der Waals surface area contributed by atoms with Gasteiger partial charge in [0.2, 0.25) is 5.91 Å². The first-order chi connectivity index (χ1) is 12.2. The number of piperidine rings is 1. The molecule has 2 saturated heterocycles. The Hall–Kier alpha value is -1.88. The lowest BCUT2D eigenvalue weighted by Crippen LogP contribution is -2.50. The first-order valence-electron chi connectivity index (χ1n) is 9.56. The van der Waals surface area contributed by atoms with Crippen molar-refractivity contribution in [3.8, 4) is 0 Å². The lowest BCUT2D eigenvalue weighted by molar-refractivity contribution is -0.136. The topological polar surface area (TPSA) is 52.7 Å². The Morgan fingerprint density at radius 1 is 1.08 bits per heavy atom. The summed E-state index contributed by atoms with van der Waals surface area (Å²) in [5.41, 5.74) is 0.673. The van der Waals surface area contributed by atoms with Crippen LogP contribution in [0.2, 0.25) is 0 Å². The largest absolute Gasteiger partial charge is 0.341 e. The zero-order valence-corrected chi connectivity index (χ0v) is 15.1. The third kappa shape index (κ3) is 4.21. The average molecular weight is 343 g/mol. The number of hydrogen-bond acceptors (Lipinski definition) is 3. The van der Waals surface area contributed by atoms with E-state index >= 15 is 0 Å². The number of amides is 2. The molecule has 2 amide bonds. The molecular weight excluding hydrogens is 314 g/mol. The fourth-order valence-electron chi connectivity index (χ4n) is 3.93. The Morgan fingerprint density at radius 2 is 1.80 bits per heavy atom. The van der Waals surface area contributed by atoms with Crippen LogP contribution in [0.15, 0.2) is 30.3 Å². The number of rotatable bonds is 5. The summed E-state index contributed by atoms with van der Waals surface area (Å²) in [5, 5.41) is 3.40. The van der Waals surface area contributed by atoms with Crippen molar-refractivity contribution in [3.63, 3.8) is 0 Å². The Bertz CT molecular complexity index is 582. The highest BCUT2D eigenvalue weighted by Crippen LogP contribution is 2.24. The van der Waals surface area contributed by atoms with Gasteiger partial charge in [-0.3, -0.25) is 9.59 Å². The maximum atomic E-state index is 13.0. The maximum Gasteiger partial charge on any atom is 0.254 e. The smallest absolute Gasteiger partial charge is 0.254 e. The first kappa shape index (κ1) is 17.9. The van der Waals surface area contributed by atoms with Crippen LogP contribution in [0.3, 0.4) is 0 Å². The molecule has 0 spiro atoms. The van der Waals surface area contributed by atoms with E-state index in [1.54, 1.807) is 4.90 Å². The molecule has 2 aliphatic heterocycles. The molecule has 5 heteroatoms. The molecule has 0 radical (unpaired) electrons. The van der Waals surface area contributed by atoms with Crippen molar-refractivity contribution in [1.82, 2.24) is 15.1 Å². The van der Waals surface area contributed by atoms with Crippen LogP contribution in [0, 0.1) is 5.92 Å². The lowest BCUT2D eigenvalue weighted by Gasteiger charge is -2.35. The number of nitrogens with one attached hydrogen (secondary N) is 1. The molecule has 1 atom stereocenters. The third-order valence-electron chi connectivity index (χ3n) is 5.43. The van der Waals surface area contributed by atoms with Crippen LogP contribution in [-0.2, 0) is 4.79 Å². The van der Waals surface area contributed by atoms with E-state index in [0.717, 1.165) is 51.9 Å². The van der Waals surface area contributed by atoms with Crippen LogP contribution in [-0.4, -0.2) is 60.4 Å². The second-order valence-electron chi connectivity index (χ2n) is 7.10. The standard InChI is InChI=1S/C20H29N3O2/c1-2-21-15-16-10-13-22(14-11-16)20(25)18-9-6-12-23(18)19(24)17-7-4-3-5-8-17/h3-5,7-8,16,18,21H,2,6,9-15H2,1H3. The molecule has 0 aliphatic carbocycles. The summed E-state index contributed by atoms with van der Waals surface area (Å²) < 4.78 is 0. The zero-order chi connectivity index (χ0) is 17.6. The second-order valence-corrected chi connectivity index (χ2v) is 7.10. The van der Waals surface area contributed by atoms with Crippen molar-refractivity contribution in [2.45, 2.75) is 38.6 Å². The van der Waals surface area contributed by atoms with E-state index in [-0.39, 0.29) is 17.9 Å². The highest BCUT2D eigenvalue weighted by atomic mass is 16.2. The number of benzene rings is 1. The van der Waals surface area contributed by atoms with E-state index in [4.69, 9.17) is 0 Å². The lowest BCUT2D eigenvalue weighted by atomic mass is 9.96. The van der Waals surface area contributed by atoms with Gasteiger partial charge in [0.15, 0.2) is 0 Å². The van der Waals surface area contributed by atoms with E-state index in [2.05, 4.69) is 12.2 Å². The fraction of sp³-hybridized carbons (Fsp3) is 0.600. The van der Waals surface area contributed by atoms with Gasteiger partial charge in [-0.1, -0.05) is 25.1 Å². The summed E-state index contributed by atoms with van der Waals surface area (Å²) in [5.74, 6) is 0.789. The van der Waals surface area contributed by atoms with Crippen LogP contribution < -0.4 is 5.32 Å². The fourth-order valence-corrected chi connectivity index (χ4v) is 3.93. The molecule has 0 bridgehead atoms. The summed E-state index contributed by atoms with van der Waals surface area (Å²) in [4.78, 5) is 29.5. The maximum absolute atomic E-state index is 13.0. The monoisotopic (exact) mass is 343 g/mol. The summed E-state index contributed by atoms with van der Waals surface area (Å²) >= 11 is 0. The molecular formula is C20H29N3O2. The van der Waals surface area contributed by atoms with Crippen LogP contribution in [0.25, 0.3) is 0 Å². The van der Waals surface area contributed by atoms with E-state index in [1.807, 2.05) is 35.2 Å². The normalized spacial score (nSPS) is 21.6. The van der Waals surface area contributed by atoms with Crippen LogP contribution in [0.5, 0.6) is 0 Å². The van der Waals surface area contributed by atoms with Gasteiger partial charge in [-0.05, 0) is 56.8 Å². The summed E-state index contributed by atoms with van der Waals surface area (Å²) in [7, 11) is 0. The Labute approximate surface area is 150 Å². The van der Waals surface area contributed by atoms with Crippen LogP contribution >= 0.6 is 0 Å². The minimum Gasteiger partial charge on any atom is -0.341 e. The van der Waals surface area contributed by atoms with Gasteiger partial charge in [0.1, 0.15) is 6.04 Å². The van der Waals surface area contributed by atoms with Crippen molar-refractivity contribution in [3.05, 3.63) is 35.9 Å².